The Bertz CT molecular complexity index is 323. The van der Waals surface area contributed by atoms with Crippen molar-refractivity contribution in [2.75, 3.05) is 13.1 Å². The summed E-state index contributed by atoms with van der Waals surface area (Å²) < 4.78 is 0. The van der Waals surface area contributed by atoms with Crippen LogP contribution >= 0.6 is 11.3 Å². The predicted octanol–water partition coefficient (Wildman–Crippen LogP) is 2.04. The van der Waals surface area contributed by atoms with E-state index in [0.717, 1.165) is 25.9 Å². The number of likely N-dealkylation sites (tertiary alicyclic amines) is 1. The summed E-state index contributed by atoms with van der Waals surface area (Å²) in [6.07, 6.45) is 1.83. The first-order valence-electron chi connectivity index (χ1n) is 5.22. The third-order valence-corrected chi connectivity index (χ3v) is 3.57. The van der Waals surface area contributed by atoms with Crippen molar-refractivity contribution < 1.29 is 9.90 Å². The van der Waals surface area contributed by atoms with E-state index in [1.165, 1.54) is 5.56 Å². The molecule has 1 fully saturated rings. The van der Waals surface area contributed by atoms with Gasteiger partial charge in [-0.25, -0.2) is 0 Å². The Morgan fingerprint density at radius 3 is 3.20 bits per heavy atom. The first-order valence-corrected chi connectivity index (χ1v) is 6.16. The second-order valence-electron chi connectivity index (χ2n) is 4.04. The topological polar surface area (TPSA) is 40.5 Å². The van der Waals surface area contributed by atoms with Gasteiger partial charge in [0, 0.05) is 13.1 Å². The predicted molar refractivity (Wildman–Crippen MR) is 60.0 cm³/mol. The third kappa shape index (κ3) is 2.79. The first kappa shape index (κ1) is 10.6. The van der Waals surface area contributed by atoms with Crippen molar-refractivity contribution in [3.63, 3.8) is 0 Å². The molecule has 3 nitrogen and oxygen atoms in total. The van der Waals surface area contributed by atoms with Crippen molar-refractivity contribution in [1.82, 2.24) is 4.90 Å². The number of piperidine rings is 1. The van der Waals surface area contributed by atoms with Crippen LogP contribution in [0.3, 0.4) is 0 Å². The highest BCUT2D eigenvalue weighted by Crippen LogP contribution is 2.19. The zero-order valence-electron chi connectivity index (χ0n) is 8.56. The molecular weight excluding hydrogens is 210 g/mol. The van der Waals surface area contributed by atoms with E-state index in [4.69, 9.17) is 5.11 Å². The molecule has 1 aliphatic rings. The van der Waals surface area contributed by atoms with Gasteiger partial charge in [0.25, 0.3) is 0 Å². The van der Waals surface area contributed by atoms with Crippen LogP contribution in [-0.4, -0.2) is 29.1 Å². The highest BCUT2D eigenvalue weighted by molar-refractivity contribution is 7.07. The molecule has 0 unspecified atom stereocenters. The van der Waals surface area contributed by atoms with Gasteiger partial charge < -0.3 is 5.11 Å². The standard InChI is InChI=1S/C11H15NO2S/c13-11(14)10-2-1-4-12(7-10)6-9-3-5-15-8-9/h3,5,8,10H,1-2,4,6-7H2,(H,13,14)/t10-/m0/s1. The molecule has 0 bridgehead atoms. The van der Waals surface area contributed by atoms with E-state index in [9.17, 15) is 4.79 Å². The Labute approximate surface area is 93.3 Å². The second-order valence-corrected chi connectivity index (χ2v) is 4.82. The van der Waals surface area contributed by atoms with Crippen molar-refractivity contribution in [2.45, 2.75) is 19.4 Å². The second kappa shape index (κ2) is 4.77. The van der Waals surface area contributed by atoms with Gasteiger partial charge in [0.05, 0.1) is 5.92 Å². The van der Waals surface area contributed by atoms with Gasteiger partial charge in [0.2, 0.25) is 0 Å². The molecule has 1 atom stereocenters. The molecule has 1 aromatic heterocycles. The van der Waals surface area contributed by atoms with Gasteiger partial charge in [-0.05, 0) is 41.8 Å². The zero-order chi connectivity index (χ0) is 10.7. The Kier molecular flexibility index (Phi) is 3.38. The maximum Gasteiger partial charge on any atom is 0.307 e. The molecular formula is C11H15NO2S. The summed E-state index contributed by atoms with van der Waals surface area (Å²) in [6.45, 7) is 2.62. The minimum atomic E-state index is -0.648. The van der Waals surface area contributed by atoms with Gasteiger partial charge in [-0.2, -0.15) is 11.3 Å². The molecule has 1 saturated heterocycles. The molecule has 0 aliphatic carbocycles. The van der Waals surface area contributed by atoms with Crippen LogP contribution in [0.2, 0.25) is 0 Å². The summed E-state index contributed by atoms with van der Waals surface area (Å²) in [4.78, 5) is 13.1. The molecule has 0 aromatic carbocycles. The molecule has 1 N–H and O–H groups in total. The molecule has 2 heterocycles. The fourth-order valence-electron chi connectivity index (χ4n) is 2.04. The summed E-state index contributed by atoms with van der Waals surface area (Å²) >= 11 is 1.69. The minimum Gasteiger partial charge on any atom is -0.481 e. The minimum absolute atomic E-state index is 0.169. The highest BCUT2D eigenvalue weighted by atomic mass is 32.1. The molecule has 2 rings (SSSR count). The van der Waals surface area contributed by atoms with Gasteiger partial charge in [-0.15, -0.1) is 0 Å². The van der Waals surface area contributed by atoms with Crippen LogP contribution in [0.15, 0.2) is 16.8 Å². The molecule has 1 aromatic rings. The van der Waals surface area contributed by atoms with E-state index in [2.05, 4.69) is 21.7 Å². The van der Waals surface area contributed by atoms with E-state index >= 15 is 0 Å². The van der Waals surface area contributed by atoms with Crippen molar-refractivity contribution in [3.8, 4) is 0 Å². The Morgan fingerprint density at radius 2 is 2.53 bits per heavy atom. The van der Waals surface area contributed by atoms with Crippen LogP contribution in [0.1, 0.15) is 18.4 Å². The SMILES string of the molecule is O=C(O)[C@H]1CCCN(Cc2ccsc2)C1. The largest absolute Gasteiger partial charge is 0.481 e. The Balaban J connectivity index is 1.90. The maximum atomic E-state index is 10.9. The number of rotatable bonds is 3. The average molecular weight is 225 g/mol. The lowest BCUT2D eigenvalue weighted by molar-refractivity contribution is -0.143. The van der Waals surface area contributed by atoms with Crippen LogP contribution in [0.4, 0.5) is 0 Å². The van der Waals surface area contributed by atoms with E-state index in [-0.39, 0.29) is 5.92 Å². The smallest absolute Gasteiger partial charge is 0.307 e. The Hall–Kier alpha value is -0.870. The van der Waals surface area contributed by atoms with Gasteiger partial charge in [-0.3, -0.25) is 9.69 Å². The average Bonchev–Trinajstić information content (AvgIpc) is 2.71. The number of hydrogen-bond donors (Lipinski definition) is 1. The van der Waals surface area contributed by atoms with Crippen LogP contribution in [0.5, 0.6) is 0 Å². The third-order valence-electron chi connectivity index (χ3n) is 2.84. The summed E-state index contributed by atoms with van der Waals surface area (Å²) in [6, 6.07) is 2.11. The molecule has 0 spiro atoms. The van der Waals surface area contributed by atoms with Crippen molar-refractivity contribution in [1.29, 1.82) is 0 Å². The summed E-state index contributed by atoms with van der Waals surface area (Å²) in [5.74, 6) is -0.817. The molecule has 4 heteroatoms. The fourth-order valence-corrected chi connectivity index (χ4v) is 2.70. The number of carboxylic acids is 1. The number of aliphatic carboxylic acids is 1. The van der Waals surface area contributed by atoms with Gasteiger partial charge >= 0.3 is 5.97 Å². The van der Waals surface area contributed by atoms with Gasteiger partial charge in [0.15, 0.2) is 0 Å². The summed E-state index contributed by atoms with van der Waals surface area (Å²) in [5, 5.41) is 13.2. The normalized spacial score (nSPS) is 22.8. The van der Waals surface area contributed by atoms with Crippen molar-refractivity contribution in [3.05, 3.63) is 22.4 Å². The Morgan fingerprint density at radius 1 is 1.67 bits per heavy atom. The number of carboxylic acid groups (broad SMARTS) is 1. The zero-order valence-corrected chi connectivity index (χ0v) is 9.37. The van der Waals surface area contributed by atoms with Crippen LogP contribution in [0.25, 0.3) is 0 Å². The molecule has 0 saturated carbocycles. The molecule has 0 radical (unpaired) electrons. The van der Waals surface area contributed by atoms with Crippen molar-refractivity contribution >= 4 is 17.3 Å². The number of thiophene rings is 1. The molecule has 15 heavy (non-hydrogen) atoms. The summed E-state index contributed by atoms with van der Waals surface area (Å²) in [7, 11) is 0. The quantitative estimate of drug-likeness (QED) is 0.856. The maximum absolute atomic E-state index is 10.9. The van der Waals surface area contributed by atoms with Crippen molar-refractivity contribution in [2.24, 2.45) is 5.92 Å². The molecule has 1 aliphatic heterocycles. The lowest BCUT2D eigenvalue weighted by Crippen LogP contribution is -2.38. The van der Waals surface area contributed by atoms with Gasteiger partial charge in [0.1, 0.15) is 0 Å². The molecule has 0 amide bonds. The van der Waals surface area contributed by atoms with E-state index in [1.54, 1.807) is 11.3 Å². The first-order chi connectivity index (χ1) is 7.25. The van der Waals surface area contributed by atoms with Crippen LogP contribution in [0, 0.1) is 5.92 Å². The van der Waals surface area contributed by atoms with E-state index < -0.39 is 5.97 Å². The highest BCUT2D eigenvalue weighted by Gasteiger charge is 2.25. The number of nitrogens with zero attached hydrogens (tertiary/aromatic N) is 1. The van der Waals surface area contributed by atoms with E-state index in [1.807, 2.05) is 0 Å². The summed E-state index contributed by atoms with van der Waals surface area (Å²) in [5.41, 5.74) is 1.30. The van der Waals surface area contributed by atoms with Gasteiger partial charge in [-0.1, -0.05) is 0 Å². The number of hydrogen-bond acceptors (Lipinski definition) is 3. The monoisotopic (exact) mass is 225 g/mol. The lowest BCUT2D eigenvalue weighted by atomic mass is 9.98. The fraction of sp³-hybridized carbons (Fsp3) is 0.545. The van der Waals surface area contributed by atoms with Crippen LogP contribution < -0.4 is 0 Å². The number of carbonyl (C=O) groups is 1. The van der Waals surface area contributed by atoms with E-state index in [0.29, 0.717) is 6.54 Å². The lowest BCUT2D eigenvalue weighted by Gasteiger charge is -2.30. The van der Waals surface area contributed by atoms with Crippen LogP contribution in [-0.2, 0) is 11.3 Å². The molecule has 82 valence electrons.